The van der Waals surface area contributed by atoms with Gasteiger partial charge >= 0.3 is 0 Å². The highest BCUT2D eigenvalue weighted by molar-refractivity contribution is 5.78. The molecule has 2 fully saturated rings. The van der Waals surface area contributed by atoms with Gasteiger partial charge in [0, 0.05) is 38.1 Å². The Kier molecular flexibility index (Phi) is 6.69. The van der Waals surface area contributed by atoms with Gasteiger partial charge < -0.3 is 9.80 Å². The highest BCUT2D eigenvalue weighted by atomic mass is 16.2. The van der Waals surface area contributed by atoms with Crippen LogP contribution in [0.15, 0.2) is 0 Å². The number of piperazine rings is 1. The molecular weight excluding hydrogens is 274 g/mol. The molecule has 0 N–H and O–H groups in total. The minimum Gasteiger partial charge on any atom is -0.340 e. The number of carbonyl (C=O) groups excluding carboxylic acids is 1. The highest BCUT2D eigenvalue weighted by Crippen LogP contribution is 2.22. The second kappa shape index (κ2) is 8.30. The van der Waals surface area contributed by atoms with Crippen LogP contribution in [0.2, 0.25) is 0 Å². The van der Waals surface area contributed by atoms with Crippen LogP contribution in [0.3, 0.4) is 0 Å². The lowest BCUT2D eigenvalue weighted by atomic mass is 9.92. The van der Waals surface area contributed by atoms with E-state index in [1.54, 1.807) is 0 Å². The lowest BCUT2D eigenvalue weighted by Gasteiger charge is -2.38. The van der Waals surface area contributed by atoms with Crippen molar-refractivity contribution < 1.29 is 4.79 Å². The van der Waals surface area contributed by atoms with Crippen molar-refractivity contribution in [1.29, 1.82) is 0 Å². The first-order chi connectivity index (χ1) is 10.5. The van der Waals surface area contributed by atoms with Gasteiger partial charge in [0.25, 0.3) is 0 Å². The van der Waals surface area contributed by atoms with Gasteiger partial charge in [0.2, 0.25) is 5.91 Å². The van der Waals surface area contributed by atoms with Gasteiger partial charge in [0.15, 0.2) is 0 Å². The summed E-state index contributed by atoms with van der Waals surface area (Å²) in [5.41, 5.74) is 0. The number of piperidine rings is 1. The van der Waals surface area contributed by atoms with E-state index in [-0.39, 0.29) is 5.92 Å². The van der Waals surface area contributed by atoms with Crippen molar-refractivity contribution in [3.8, 4) is 0 Å². The molecular formula is C18H35N3O. The van der Waals surface area contributed by atoms with Crippen molar-refractivity contribution in [2.45, 2.75) is 53.0 Å². The van der Waals surface area contributed by atoms with E-state index in [1.807, 2.05) is 18.7 Å². The van der Waals surface area contributed by atoms with E-state index in [2.05, 4.69) is 23.6 Å². The zero-order chi connectivity index (χ0) is 16.1. The molecule has 128 valence electrons. The second-order valence-corrected chi connectivity index (χ2v) is 7.68. The summed E-state index contributed by atoms with van der Waals surface area (Å²) in [6.07, 6.45) is 4.07. The number of likely N-dealkylation sites (tertiary alicyclic amines) is 1. The van der Waals surface area contributed by atoms with E-state index in [0.717, 1.165) is 32.1 Å². The van der Waals surface area contributed by atoms with Crippen LogP contribution in [0.25, 0.3) is 0 Å². The fourth-order valence-corrected chi connectivity index (χ4v) is 3.68. The molecule has 2 saturated heterocycles. The van der Waals surface area contributed by atoms with Crippen LogP contribution in [0, 0.1) is 11.8 Å². The summed E-state index contributed by atoms with van der Waals surface area (Å²) in [6.45, 7) is 16.3. The predicted octanol–water partition coefficient (Wildman–Crippen LogP) is 2.30. The monoisotopic (exact) mass is 309 g/mol. The SMILES string of the molecule is CC(C)C(=O)N1CCN(CCC2CCN(C(C)C)CC2)CC1. The standard InChI is InChI=1S/C18H35N3O/c1-15(2)18(22)21-13-11-19(12-14-21)8-5-17-6-9-20(10-7-17)16(3)4/h15-17H,5-14H2,1-4H3. The Morgan fingerprint density at radius 3 is 2.05 bits per heavy atom. The van der Waals surface area contributed by atoms with Crippen LogP contribution in [-0.2, 0) is 4.79 Å². The van der Waals surface area contributed by atoms with Crippen LogP contribution >= 0.6 is 0 Å². The fourth-order valence-electron chi connectivity index (χ4n) is 3.68. The Balaban J connectivity index is 1.62. The van der Waals surface area contributed by atoms with Crippen molar-refractivity contribution in [1.82, 2.24) is 14.7 Å². The Labute approximate surface area is 136 Å². The van der Waals surface area contributed by atoms with Gasteiger partial charge in [-0.1, -0.05) is 13.8 Å². The van der Waals surface area contributed by atoms with Gasteiger partial charge in [-0.25, -0.2) is 0 Å². The number of hydrogen-bond donors (Lipinski definition) is 0. The molecule has 2 aliphatic rings. The molecule has 0 radical (unpaired) electrons. The van der Waals surface area contributed by atoms with Crippen molar-refractivity contribution >= 4 is 5.91 Å². The number of carbonyl (C=O) groups is 1. The first kappa shape index (κ1) is 17.7. The first-order valence-corrected chi connectivity index (χ1v) is 9.22. The Morgan fingerprint density at radius 2 is 1.55 bits per heavy atom. The van der Waals surface area contributed by atoms with E-state index in [4.69, 9.17) is 0 Å². The van der Waals surface area contributed by atoms with Crippen molar-refractivity contribution in [3.05, 3.63) is 0 Å². The maximum atomic E-state index is 12.0. The molecule has 0 bridgehead atoms. The average Bonchev–Trinajstić information content (AvgIpc) is 2.53. The molecule has 2 heterocycles. The number of rotatable bonds is 5. The van der Waals surface area contributed by atoms with Crippen molar-refractivity contribution in [2.75, 3.05) is 45.8 Å². The summed E-state index contributed by atoms with van der Waals surface area (Å²) >= 11 is 0. The van der Waals surface area contributed by atoms with Gasteiger partial charge in [-0.2, -0.15) is 0 Å². The van der Waals surface area contributed by atoms with E-state index in [9.17, 15) is 4.79 Å². The van der Waals surface area contributed by atoms with Gasteiger partial charge in [-0.15, -0.1) is 0 Å². The molecule has 1 amide bonds. The molecule has 2 aliphatic heterocycles. The van der Waals surface area contributed by atoms with Crippen molar-refractivity contribution in [3.63, 3.8) is 0 Å². The predicted molar refractivity (Wildman–Crippen MR) is 91.9 cm³/mol. The quantitative estimate of drug-likeness (QED) is 0.780. The Morgan fingerprint density at radius 1 is 0.955 bits per heavy atom. The number of hydrogen-bond acceptors (Lipinski definition) is 3. The smallest absolute Gasteiger partial charge is 0.225 e. The molecule has 0 aliphatic carbocycles. The lowest BCUT2D eigenvalue weighted by molar-refractivity contribution is -0.136. The Bertz CT molecular complexity index is 340. The van der Waals surface area contributed by atoms with E-state index in [1.165, 1.54) is 38.9 Å². The maximum absolute atomic E-state index is 12.0. The van der Waals surface area contributed by atoms with Crippen LogP contribution in [0.1, 0.15) is 47.0 Å². The number of nitrogens with zero attached hydrogens (tertiary/aromatic N) is 3. The summed E-state index contributed by atoms with van der Waals surface area (Å²) < 4.78 is 0. The molecule has 2 rings (SSSR count). The first-order valence-electron chi connectivity index (χ1n) is 9.22. The van der Waals surface area contributed by atoms with Crippen LogP contribution in [0.4, 0.5) is 0 Å². The molecule has 0 atom stereocenters. The minimum atomic E-state index is 0.137. The van der Waals surface area contributed by atoms with E-state index in [0.29, 0.717) is 11.9 Å². The summed E-state index contributed by atoms with van der Waals surface area (Å²) in [5.74, 6) is 1.36. The Hall–Kier alpha value is -0.610. The van der Waals surface area contributed by atoms with E-state index < -0.39 is 0 Å². The third-order valence-corrected chi connectivity index (χ3v) is 5.41. The van der Waals surface area contributed by atoms with Crippen LogP contribution in [-0.4, -0.2) is 72.5 Å². The summed E-state index contributed by atoms with van der Waals surface area (Å²) in [5, 5.41) is 0. The lowest BCUT2D eigenvalue weighted by Crippen LogP contribution is -2.50. The second-order valence-electron chi connectivity index (χ2n) is 7.68. The largest absolute Gasteiger partial charge is 0.340 e. The average molecular weight is 309 g/mol. The normalized spacial score (nSPS) is 22.7. The molecule has 0 spiro atoms. The molecule has 4 nitrogen and oxygen atoms in total. The van der Waals surface area contributed by atoms with Crippen LogP contribution < -0.4 is 0 Å². The molecule has 4 heteroatoms. The molecule has 22 heavy (non-hydrogen) atoms. The maximum Gasteiger partial charge on any atom is 0.225 e. The topological polar surface area (TPSA) is 26.8 Å². The molecule has 0 aromatic carbocycles. The molecule has 0 aromatic rings. The van der Waals surface area contributed by atoms with Crippen LogP contribution in [0.5, 0.6) is 0 Å². The van der Waals surface area contributed by atoms with Gasteiger partial charge in [0.1, 0.15) is 0 Å². The van der Waals surface area contributed by atoms with Gasteiger partial charge in [0.05, 0.1) is 0 Å². The van der Waals surface area contributed by atoms with E-state index >= 15 is 0 Å². The zero-order valence-electron chi connectivity index (χ0n) is 15.1. The summed E-state index contributed by atoms with van der Waals surface area (Å²) in [7, 11) is 0. The third-order valence-electron chi connectivity index (χ3n) is 5.41. The zero-order valence-corrected chi connectivity index (χ0v) is 15.1. The third kappa shape index (κ3) is 4.95. The summed E-state index contributed by atoms with van der Waals surface area (Å²) in [6, 6.07) is 0.701. The minimum absolute atomic E-state index is 0.137. The van der Waals surface area contributed by atoms with Crippen molar-refractivity contribution in [2.24, 2.45) is 11.8 Å². The molecule has 0 aromatic heterocycles. The molecule has 0 saturated carbocycles. The van der Waals surface area contributed by atoms with Gasteiger partial charge in [-0.3, -0.25) is 9.69 Å². The van der Waals surface area contributed by atoms with Gasteiger partial charge in [-0.05, 0) is 58.7 Å². The number of amides is 1. The molecule has 0 unspecified atom stereocenters. The fraction of sp³-hybridized carbons (Fsp3) is 0.944. The summed E-state index contributed by atoms with van der Waals surface area (Å²) in [4.78, 5) is 19.2. The highest BCUT2D eigenvalue weighted by Gasteiger charge is 2.24.